The Morgan fingerprint density at radius 1 is 1.15 bits per heavy atom. The fraction of sp³-hybridized carbons (Fsp3) is 0.200. The van der Waals surface area contributed by atoms with Gasteiger partial charge < -0.3 is 19.2 Å². The highest BCUT2D eigenvalue weighted by Crippen LogP contribution is 2.29. The Labute approximate surface area is 151 Å². The molecule has 0 unspecified atom stereocenters. The molecular formula is C15H13N3O9. The quantitative estimate of drug-likeness (QED) is 0.411. The Balaban J connectivity index is 1.99. The number of nitrogens with zero attached hydrogens (tertiary/aromatic N) is 2. The van der Waals surface area contributed by atoms with Crippen LogP contribution in [0.2, 0.25) is 0 Å². The molecule has 142 valence electrons. The van der Waals surface area contributed by atoms with E-state index in [9.17, 15) is 29.8 Å². The summed E-state index contributed by atoms with van der Waals surface area (Å²) in [7, 11) is 0. The van der Waals surface area contributed by atoms with Gasteiger partial charge in [0.2, 0.25) is 5.76 Å². The highest BCUT2D eigenvalue weighted by atomic mass is 16.7. The molecule has 0 atom stereocenters. The third-order valence-electron chi connectivity index (χ3n) is 3.06. The van der Waals surface area contributed by atoms with Gasteiger partial charge in [-0.1, -0.05) is 0 Å². The molecule has 2 rings (SSSR count). The Hall–Kier alpha value is -3.96. The Bertz CT molecular complexity index is 890. The van der Waals surface area contributed by atoms with E-state index in [2.05, 4.69) is 14.5 Å². The van der Waals surface area contributed by atoms with Crippen molar-refractivity contribution < 1.29 is 33.3 Å². The molecular weight excluding hydrogens is 366 g/mol. The van der Waals surface area contributed by atoms with Crippen molar-refractivity contribution in [2.24, 2.45) is 0 Å². The molecule has 1 amide bonds. The zero-order valence-electron chi connectivity index (χ0n) is 13.9. The van der Waals surface area contributed by atoms with E-state index >= 15 is 0 Å². The molecule has 2 aromatic rings. The second kappa shape index (κ2) is 8.42. The number of hydrogen-bond acceptors (Lipinski definition) is 9. The van der Waals surface area contributed by atoms with Crippen molar-refractivity contribution in [1.29, 1.82) is 0 Å². The minimum atomic E-state index is -1.10. The maximum absolute atomic E-state index is 11.9. The number of benzene rings is 1. The number of nitro groups is 2. The van der Waals surface area contributed by atoms with E-state index in [1.807, 2.05) is 0 Å². The van der Waals surface area contributed by atoms with Gasteiger partial charge in [0.25, 0.3) is 11.6 Å². The summed E-state index contributed by atoms with van der Waals surface area (Å²) >= 11 is 0. The zero-order valence-corrected chi connectivity index (χ0v) is 13.9. The van der Waals surface area contributed by atoms with Gasteiger partial charge in [-0.3, -0.25) is 25.0 Å². The van der Waals surface area contributed by atoms with Crippen molar-refractivity contribution in [1.82, 2.24) is 0 Å². The monoisotopic (exact) mass is 379 g/mol. The molecule has 0 aliphatic rings. The summed E-state index contributed by atoms with van der Waals surface area (Å²) in [5.74, 6) is -2.80. The van der Waals surface area contributed by atoms with Crippen LogP contribution in [0.1, 0.15) is 17.5 Å². The van der Waals surface area contributed by atoms with Gasteiger partial charge >= 0.3 is 11.9 Å². The van der Waals surface area contributed by atoms with Crippen molar-refractivity contribution in [3.8, 4) is 5.75 Å². The van der Waals surface area contributed by atoms with Gasteiger partial charge in [-0.25, -0.2) is 4.79 Å². The molecule has 0 saturated heterocycles. The van der Waals surface area contributed by atoms with Crippen LogP contribution in [0.25, 0.3) is 0 Å². The summed E-state index contributed by atoms with van der Waals surface area (Å²) in [6.45, 7) is 1.24. The number of carbonyl (C=O) groups excluding carboxylic acids is 2. The summed E-state index contributed by atoms with van der Waals surface area (Å²) in [6.07, 6.45) is 0. The third-order valence-corrected chi connectivity index (χ3v) is 3.06. The first-order valence-electron chi connectivity index (χ1n) is 7.44. The highest BCUT2D eigenvalue weighted by molar-refractivity contribution is 5.96. The summed E-state index contributed by atoms with van der Waals surface area (Å²) < 4.78 is 14.5. The van der Waals surface area contributed by atoms with Crippen LogP contribution in [0, 0.1) is 20.2 Å². The lowest BCUT2D eigenvalue weighted by atomic mass is 10.2. The number of furan rings is 1. The van der Waals surface area contributed by atoms with Gasteiger partial charge in [-0.2, -0.15) is 0 Å². The summed E-state index contributed by atoms with van der Waals surface area (Å²) in [6, 6.07) is 5.83. The van der Waals surface area contributed by atoms with E-state index in [0.717, 1.165) is 18.2 Å². The molecule has 27 heavy (non-hydrogen) atoms. The van der Waals surface area contributed by atoms with Gasteiger partial charge in [0.15, 0.2) is 6.61 Å². The lowest BCUT2D eigenvalue weighted by Crippen LogP contribution is -2.21. The van der Waals surface area contributed by atoms with Crippen molar-refractivity contribution in [2.45, 2.75) is 6.92 Å². The van der Waals surface area contributed by atoms with E-state index in [-0.39, 0.29) is 11.4 Å². The second-order valence-corrected chi connectivity index (χ2v) is 4.89. The highest BCUT2D eigenvalue weighted by Gasteiger charge is 2.21. The molecule has 0 fully saturated rings. The van der Waals surface area contributed by atoms with Crippen molar-refractivity contribution in [3.05, 3.63) is 56.3 Å². The minimum absolute atomic E-state index is 0.113. The molecule has 0 radical (unpaired) electrons. The Morgan fingerprint density at radius 2 is 1.89 bits per heavy atom. The number of hydrogen-bond donors (Lipinski definition) is 1. The molecule has 1 aromatic heterocycles. The van der Waals surface area contributed by atoms with Crippen LogP contribution in [0.3, 0.4) is 0 Å². The molecule has 1 N–H and O–H groups in total. The lowest BCUT2D eigenvalue weighted by Gasteiger charge is -2.08. The molecule has 12 heteroatoms. The number of anilines is 1. The first-order valence-corrected chi connectivity index (χ1v) is 7.44. The van der Waals surface area contributed by atoms with Crippen LogP contribution in [-0.4, -0.2) is 34.9 Å². The number of nitro benzene ring substituents is 1. The standard InChI is InChI=1S/C15H13N3O9/c1-2-25-9-3-4-10(11(7-9)17(21)22)16-13(19)8-26-15(20)12-5-6-14(27-12)18(23)24/h3-7H,2,8H2,1H3,(H,16,19). The summed E-state index contributed by atoms with van der Waals surface area (Å²) in [4.78, 5) is 43.6. The van der Waals surface area contributed by atoms with Crippen molar-refractivity contribution in [3.63, 3.8) is 0 Å². The van der Waals surface area contributed by atoms with Gasteiger partial charge in [-0.05, 0) is 25.1 Å². The summed E-state index contributed by atoms with van der Waals surface area (Å²) in [5, 5.41) is 23.8. The first-order chi connectivity index (χ1) is 12.8. The predicted octanol–water partition coefficient (Wildman–Crippen LogP) is 2.29. The fourth-order valence-electron chi connectivity index (χ4n) is 1.95. The molecule has 0 aliphatic heterocycles. The Kier molecular flexibility index (Phi) is 6.04. The molecule has 0 bridgehead atoms. The average Bonchev–Trinajstić information content (AvgIpc) is 3.11. The van der Waals surface area contributed by atoms with E-state index in [1.165, 1.54) is 12.1 Å². The molecule has 0 aliphatic carbocycles. The molecule has 1 heterocycles. The van der Waals surface area contributed by atoms with Crippen LogP contribution < -0.4 is 10.1 Å². The lowest BCUT2D eigenvalue weighted by molar-refractivity contribution is -0.402. The van der Waals surface area contributed by atoms with Gasteiger partial charge in [-0.15, -0.1) is 0 Å². The topological polar surface area (TPSA) is 164 Å². The predicted molar refractivity (Wildman–Crippen MR) is 88.5 cm³/mol. The minimum Gasteiger partial charge on any atom is -0.494 e. The normalized spacial score (nSPS) is 10.1. The number of nitrogens with one attached hydrogen (secondary N) is 1. The summed E-state index contributed by atoms with van der Waals surface area (Å²) in [5.41, 5.74) is -0.513. The SMILES string of the molecule is CCOc1ccc(NC(=O)COC(=O)c2ccc([N+](=O)[O-])o2)c([N+](=O)[O-])c1. The van der Waals surface area contributed by atoms with Gasteiger partial charge in [0.05, 0.1) is 23.7 Å². The maximum atomic E-state index is 11.9. The fourth-order valence-corrected chi connectivity index (χ4v) is 1.95. The number of ether oxygens (including phenoxy) is 2. The molecule has 0 spiro atoms. The second-order valence-electron chi connectivity index (χ2n) is 4.89. The van der Waals surface area contributed by atoms with E-state index in [0.29, 0.717) is 6.61 Å². The number of carbonyl (C=O) groups is 2. The average molecular weight is 379 g/mol. The van der Waals surface area contributed by atoms with E-state index in [4.69, 9.17) is 4.74 Å². The van der Waals surface area contributed by atoms with Crippen LogP contribution in [0.4, 0.5) is 17.3 Å². The number of esters is 1. The van der Waals surface area contributed by atoms with E-state index < -0.39 is 45.7 Å². The van der Waals surface area contributed by atoms with Crippen LogP contribution >= 0.6 is 0 Å². The smallest absolute Gasteiger partial charge is 0.433 e. The number of amides is 1. The van der Waals surface area contributed by atoms with E-state index in [1.54, 1.807) is 6.92 Å². The van der Waals surface area contributed by atoms with Crippen LogP contribution in [0.5, 0.6) is 5.75 Å². The third kappa shape index (κ3) is 5.01. The Morgan fingerprint density at radius 3 is 2.48 bits per heavy atom. The van der Waals surface area contributed by atoms with Gasteiger partial charge in [0.1, 0.15) is 16.4 Å². The molecule has 12 nitrogen and oxygen atoms in total. The van der Waals surface area contributed by atoms with Crippen LogP contribution in [0.15, 0.2) is 34.7 Å². The molecule has 1 aromatic carbocycles. The van der Waals surface area contributed by atoms with Crippen molar-refractivity contribution >= 4 is 29.1 Å². The first kappa shape index (κ1) is 19.4. The molecule has 0 saturated carbocycles. The number of rotatable bonds is 8. The maximum Gasteiger partial charge on any atom is 0.433 e. The van der Waals surface area contributed by atoms with Crippen LogP contribution in [-0.2, 0) is 9.53 Å². The van der Waals surface area contributed by atoms with Crippen molar-refractivity contribution in [2.75, 3.05) is 18.5 Å². The largest absolute Gasteiger partial charge is 0.494 e. The zero-order chi connectivity index (χ0) is 20.0. The van der Waals surface area contributed by atoms with Gasteiger partial charge in [0, 0.05) is 0 Å².